The molecule has 0 unspecified atom stereocenters. The molecule has 1 N–H and O–H groups in total. The van der Waals surface area contributed by atoms with Crippen molar-refractivity contribution in [2.45, 2.75) is 63.5 Å². The van der Waals surface area contributed by atoms with Gasteiger partial charge in [-0.3, -0.25) is 0 Å². The van der Waals surface area contributed by atoms with E-state index in [1.54, 1.807) is 0 Å². The Morgan fingerprint density at radius 1 is 1.09 bits per heavy atom. The quantitative estimate of drug-likeness (QED) is 0.453. The number of ether oxygens (including phenoxy) is 1. The topological polar surface area (TPSA) is 82.2 Å². The molecule has 7 rings (SSSR count). The Hall–Kier alpha value is -3.14. The van der Waals surface area contributed by atoms with Gasteiger partial charge in [0.15, 0.2) is 5.65 Å². The lowest BCUT2D eigenvalue weighted by Crippen LogP contribution is -2.57. The van der Waals surface area contributed by atoms with Gasteiger partial charge in [0.05, 0.1) is 17.2 Å². The maximum Gasteiger partial charge on any atom is 0.249 e. The molecule has 0 aromatic carbocycles. The molecule has 1 aliphatic heterocycles. The number of pyridine rings is 1. The maximum absolute atomic E-state index is 13.3. The highest BCUT2D eigenvalue weighted by Gasteiger charge is 2.61. The van der Waals surface area contributed by atoms with E-state index in [0.717, 1.165) is 72.5 Å². The van der Waals surface area contributed by atoms with Crippen LogP contribution in [0.3, 0.4) is 0 Å². The third-order valence-electron chi connectivity index (χ3n) is 7.97. The summed E-state index contributed by atoms with van der Waals surface area (Å²) in [5.74, 6) is -0.978. The minimum Gasteiger partial charge on any atom is -0.381 e. The number of nitrogens with zero attached hydrogens (tertiary/aromatic N) is 6. The minimum atomic E-state index is -2.47. The van der Waals surface area contributed by atoms with Gasteiger partial charge in [0, 0.05) is 61.7 Å². The largest absolute Gasteiger partial charge is 0.381 e. The Morgan fingerprint density at radius 3 is 2.66 bits per heavy atom. The fourth-order valence-corrected chi connectivity index (χ4v) is 6.46. The normalized spacial score (nSPS) is 21.9. The smallest absolute Gasteiger partial charge is 0.249 e. The SMILES string of the molecule is Cc1nc2ncc(-c3ccn4nc(NC5CC6(C5)CC(F)(F)C6)ncc34)cc2n1C1CCOCC1. The number of nitrogens with one attached hydrogen (secondary N) is 1. The monoisotopic (exact) mass is 479 g/mol. The van der Waals surface area contributed by atoms with Crippen LogP contribution in [0.25, 0.3) is 27.8 Å². The van der Waals surface area contributed by atoms with E-state index in [1.807, 2.05) is 36.1 Å². The molecule has 1 spiro atoms. The van der Waals surface area contributed by atoms with Crippen molar-refractivity contribution in [1.29, 1.82) is 0 Å². The highest BCUT2D eigenvalue weighted by atomic mass is 19.3. The summed E-state index contributed by atoms with van der Waals surface area (Å²) in [6, 6.07) is 4.69. The molecule has 10 heteroatoms. The van der Waals surface area contributed by atoms with Gasteiger partial charge >= 0.3 is 0 Å². The molecule has 3 fully saturated rings. The molecule has 1 saturated heterocycles. The molecule has 2 saturated carbocycles. The lowest BCUT2D eigenvalue weighted by Gasteiger charge is -2.57. The van der Waals surface area contributed by atoms with Crippen LogP contribution in [0.2, 0.25) is 0 Å². The lowest BCUT2D eigenvalue weighted by atomic mass is 9.52. The zero-order valence-electron chi connectivity index (χ0n) is 19.5. The Balaban J connectivity index is 1.14. The number of rotatable bonds is 4. The van der Waals surface area contributed by atoms with Gasteiger partial charge in [-0.1, -0.05) is 0 Å². The summed E-state index contributed by atoms with van der Waals surface area (Å²) >= 11 is 0. The maximum atomic E-state index is 13.3. The molecule has 2 aliphatic carbocycles. The van der Waals surface area contributed by atoms with E-state index in [-0.39, 0.29) is 24.3 Å². The van der Waals surface area contributed by atoms with Gasteiger partial charge in [-0.15, -0.1) is 5.10 Å². The minimum absolute atomic E-state index is 0.0182. The molecule has 5 heterocycles. The van der Waals surface area contributed by atoms with Crippen molar-refractivity contribution in [2.75, 3.05) is 18.5 Å². The van der Waals surface area contributed by atoms with Crippen LogP contribution in [0.4, 0.5) is 14.7 Å². The molecular formula is C25H27F2N7O. The molecule has 0 atom stereocenters. The van der Waals surface area contributed by atoms with Crippen molar-refractivity contribution >= 4 is 22.6 Å². The van der Waals surface area contributed by atoms with Gasteiger partial charge in [0.1, 0.15) is 5.82 Å². The third kappa shape index (κ3) is 3.49. The predicted octanol–water partition coefficient (Wildman–Crippen LogP) is 4.79. The summed E-state index contributed by atoms with van der Waals surface area (Å²) in [4.78, 5) is 13.9. The predicted molar refractivity (Wildman–Crippen MR) is 127 cm³/mol. The van der Waals surface area contributed by atoms with E-state index in [2.05, 4.69) is 36.0 Å². The zero-order chi connectivity index (χ0) is 23.8. The molecule has 182 valence electrons. The molecule has 0 amide bonds. The van der Waals surface area contributed by atoms with Crippen LogP contribution in [-0.2, 0) is 4.74 Å². The van der Waals surface area contributed by atoms with E-state index in [9.17, 15) is 8.78 Å². The Morgan fingerprint density at radius 2 is 1.89 bits per heavy atom. The average Bonchev–Trinajstić information content (AvgIpc) is 3.36. The molecular weight excluding hydrogens is 452 g/mol. The first kappa shape index (κ1) is 21.2. The number of alkyl halides is 2. The van der Waals surface area contributed by atoms with Crippen LogP contribution in [0.5, 0.6) is 0 Å². The summed E-state index contributed by atoms with van der Waals surface area (Å²) in [6.07, 6.45) is 9.07. The average molecular weight is 480 g/mol. The van der Waals surface area contributed by atoms with Crippen LogP contribution in [0.1, 0.15) is 50.4 Å². The van der Waals surface area contributed by atoms with Crippen LogP contribution < -0.4 is 5.32 Å². The van der Waals surface area contributed by atoms with Crippen molar-refractivity contribution in [3.05, 3.63) is 36.5 Å². The van der Waals surface area contributed by atoms with E-state index in [4.69, 9.17) is 4.74 Å². The van der Waals surface area contributed by atoms with Crippen molar-refractivity contribution in [3.8, 4) is 11.1 Å². The van der Waals surface area contributed by atoms with Crippen LogP contribution >= 0.6 is 0 Å². The highest BCUT2D eigenvalue weighted by Crippen LogP contribution is 2.62. The molecule has 4 aromatic heterocycles. The van der Waals surface area contributed by atoms with Crippen LogP contribution in [0.15, 0.2) is 30.7 Å². The Kier molecular flexibility index (Phi) is 4.49. The third-order valence-corrected chi connectivity index (χ3v) is 7.97. The molecule has 0 bridgehead atoms. The fourth-order valence-electron chi connectivity index (χ4n) is 6.46. The first-order chi connectivity index (χ1) is 16.9. The van der Waals surface area contributed by atoms with E-state index in [1.165, 1.54) is 0 Å². The number of aromatic nitrogens is 6. The first-order valence-electron chi connectivity index (χ1n) is 12.3. The standard InChI is InChI=1S/C25H27F2N7O/c1-15-30-22-20(34(15)18-3-6-35-7-4-18)8-16(11-28-22)19-2-5-33-21(19)12-29-23(32-33)31-17-9-24(10-17)13-25(26,27)14-24/h2,5,8,11-12,17-18H,3-4,6-7,9-10,13-14H2,1H3,(H,31,32). The van der Waals surface area contributed by atoms with Crippen LogP contribution in [0, 0.1) is 12.3 Å². The number of hydrogen-bond acceptors (Lipinski definition) is 6. The van der Waals surface area contributed by atoms with Gasteiger partial charge in [-0.2, -0.15) is 0 Å². The van der Waals surface area contributed by atoms with E-state index in [0.29, 0.717) is 12.0 Å². The number of fused-ring (bicyclic) bond motifs is 2. The summed E-state index contributed by atoms with van der Waals surface area (Å²) in [7, 11) is 0. The van der Waals surface area contributed by atoms with Gasteiger partial charge in [0.25, 0.3) is 0 Å². The number of imidazole rings is 1. The van der Waals surface area contributed by atoms with Gasteiger partial charge < -0.3 is 14.6 Å². The number of halogens is 2. The second kappa shape index (κ2) is 7.43. The van der Waals surface area contributed by atoms with Gasteiger partial charge in [-0.05, 0) is 50.2 Å². The molecule has 4 aromatic rings. The summed E-state index contributed by atoms with van der Waals surface area (Å²) in [6.45, 7) is 3.57. The van der Waals surface area contributed by atoms with Gasteiger partial charge in [0.2, 0.25) is 11.9 Å². The summed E-state index contributed by atoms with van der Waals surface area (Å²) in [5, 5.41) is 7.93. The Labute approximate surface area is 200 Å². The first-order valence-corrected chi connectivity index (χ1v) is 12.3. The zero-order valence-corrected chi connectivity index (χ0v) is 19.5. The van der Waals surface area contributed by atoms with Crippen molar-refractivity contribution in [1.82, 2.24) is 29.1 Å². The number of aryl methyl sites for hydroxylation is 1. The summed E-state index contributed by atoms with van der Waals surface area (Å²) < 4.78 is 36.2. The Bertz CT molecular complexity index is 1420. The van der Waals surface area contributed by atoms with Gasteiger partial charge in [-0.25, -0.2) is 28.2 Å². The molecule has 3 aliphatic rings. The van der Waals surface area contributed by atoms with Crippen molar-refractivity contribution in [3.63, 3.8) is 0 Å². The summed E-state index contributed by atoms with van der Waals surface area (Å²) in [5.41, 5.74) is 4.49. The lowest BCUT2D eigenvalue weighted by molar-refractivity contribution is -0.193. The van der Waals surface area contributed by atoms with Crippen LogP contribution in [-0.4, -0.2) is 54.3 Å². The fraction of sp³-hybridized carbons (Fsp3) is 0.520. The van der Waals surface area contributed by atoms with E-state index < -0.39 is 5.92 Å². The van der Waals surface area contributed by atoms with E-state index >= 15 is 0 Å². The molecule has 8 nitrogen and oxygen atoms in total. The second-order valence-corrected chi connectivity index (χ2v) is 10.5. The number of anilines is 1. The molecule has 0 radical (unpaired) electrons. The number of hydrogen-bond donors (Lipinski definition) is 1. The molecule has 35 heavy (non-hydrogen) atoms. The second-order valence-electron chi connectivity index (χ2n) is 10.5. The highest BCUT2D eigenvalue weighted by molar-refractivity contribution is 5.85. The van der Waals surface area contributed by atoms with Crippen molar-refractivity contribution < 1.29 is 13.5 Å². The van der Waals surface area contributed by atoms with Crippen molar-refractivity contribution in [2.24, 2.45) is 5.41 Å².